The zero-order chi connectivity index (χ0) is 23.0. The summed E-state index contributed by atoms with van der Waals surface area (Å²) in [6.07, 6.45) is 4.83. The second-order valence-corrected chi connectivity index (χ2v) is 8.98. The van der Waals surface area contributed by atoms with Gasteiger partial charge in [0, 0.05) is 12.5 Å². The Morgan fingerprint density at radius 3 is 2.29 bits per heavy atom. The fourth-order valence-electron chi connectivity index (χ4n) is 3.56. The summed E-state index contributed by atoms with van der Waals surface area (Å²) in [6.45, 7) is 5.15. The summed E-state index contributed by atoms with van der Waals surface area (Å²) in [5, 5.41) is 3.76. The average molecular weight is 434 g/mol. The summed E-state index contributed by atoms with van der Waals surface area (Å²) >= 11 is 0. The van der Waals surface area contributed by atoms with E-state index in [0.717, 1.165) is 42.7 Å². The highest BCUT2D eigenvalue weighted by molar-refractivity contribution is 5.98. The number of nitrogens with one attached hydrogen (secondary N) is 1. The smallest absolute Gasteiger partial charge is 0.320 e. The number of carbonyl (C=O) groups is 3. The molecule has 2 amide bonds. The molecule has 0 unspecified atom stereocenters. The first-order valence-corrected chi connectivity index (χ1v) is 10.8. The minimum atomic E-state index is -1.21. The maximum absolute atomic E-state index is 13.0. The third-order valence-electron chi connectivity index (χ3n) is 5.24. The summed E-state index contributed by atoms with van der Waals surface area (Å²) < 4.78 is 10.5. The normalized spacial score (nSPS) is 15.6. The van der Waals surface area contributed by atoms with E-state index in [9.17, 15) is 14.4 Å². The van der Waals surface area contributed by atoms with Crippen LogP contribution >= 0.6 is 0 Å². The van der Waals surface area contributed by atoms with Crippen molar-refractivity contribution in [3.8, 4) is 5.75 Å². The Morgan fingerprint density at radius 2 is 1.74 bits per heavy atom. The first-order chi connectivity index (χ1) is 14.6. The molecular weight excluding hydrogens is 398 g/mol. The largest absolute Gasteiger partial charge is 0.497 e. The van der Waals surface area contributed by atoms with Gasteiger partial charge in [-0.1, -0.05) is 31.4 Å². The predicted molar refractivity (Wildman–Crippen MR) is 117 cm³/mol. The molecule has 3 N–H and O–H groups in total. The van der Waals surface area contributed by atoms with E-state index in [2.05, 4.69) is 5.32 Å². The number of hydrazine groups is 1. The molecule has 172 valence electrons. The Balaban J connectivity index is 2.06. The van der Waals surface area contributed by atoms with Crippen LogP contribution < -0.4 is 15.9 Å². The quantitative estimate of drug-likeness (QED) is 0.214. The van der Waals surface area contributed by atoms with E-state index in [4.69, 9.17) is 15.3 Å². The van der Waals surface area contributed by atoms with Crippen LogP contribution in [0.25, 0.3) is 0 Å². The lowest BCUT2D eigenvalue weighted by atomic mass is 9.88. The van der Waals surface area contributed by atoms with Gasteiger partial charge in [0.2, 0.25) is 5.91 Å². The van der Waals surface area contributed by atoms with Crippen molar-refractivity contribution in [2.45, 2.75) is 65.0 Å². The van der Waals surface area contributed by atoms with Crippen LogP contribution in [0.3, 0.4) is 0 Å². The number of hydrogen-bond acceptors (Lipinski definition) is 6. The molecule has 8 nitrogen and oxygen atoms in total. The average Bonchev–Trinajstić information content (AvgIpc) is 2.73. The molecule has 1 aromatic rings. The van der Waals surface area contributed by atoms with Gasteiger partial charge in [0.25, 0.3) is 5.91 Å². The molecule has 0 saturated heterocycles. The Morgan fingerprint density at radius 1 is 1.13 bits per heavy atom. The van der Waals surface area contributed by atoms with E-state index in [0.29, 0.717) is 5.75 Å². The number of benzene rings is 1. The van der Waals surface area contributed by atoms with Gasteiger partial charge in [-0.2, -0.15) is 0 Å². The molecule has 1 fully saturated rings. The Kier molecular flexibility index (Phi) is 8.86. The van der Waals surface area contributed by atoms with Crippen LogP contribution in [0.5, 0.6) is 5.75 Å². The van der Waals surface area contributed by atoms with Crippen LogP contribution in [-0.2, 0) is 25.7 Å². The summed E-state index contributed by atoms with van der Waals surface area (Å²) in [6, 6.07) is 7.12. The molecule has 0 aliphatic heterocycles. The first-order valence-electron chi connectivity index (χ1n) is 10.8. The van der Waals surface area contributed by atoms with Crippen LogP contribution in [-0.4, -0.2) is 42.0 Å². The lowest BCUT2D eigenvalue weighted by Crippen LogP contribution is -2.49. The Bertz CT molecular complexity index is 751. The van der Waals surface area contributed by atoms with Crippen molar-refractivity contribution >= 4 is 17.8 Å². The van der Waals surface area contributed by atoms with Gasteiger partial charge in [0.15, 0.2) is 5.92 Å². The van der Waals surface area contributed by atoms with Crippen molar-refractivity contribution < 1.29 is 23.9 Å². The summed E-state index contributed by atoms with van der Waals surface area (Å²) in [7, 11) is 1.57. The van der Waals surface area contributed by atoms with Gasteiger partial charge in [-0.05, 0) is 51.3 Å². The van der Waals surface area contributed by atoms with Gasteiger partial charge in [-0.15, -0.1) is 0 Å². The highest BCUT2D eigenvalue weighted by atomic mass is 16.6. The Labute approximate surface area is 184 Å². The predicted octanol–water partition coefficient (Wildman–Crippen LogP) is 2.55. The van der Waals surface area contributed by atoms with Gasteiger partial charge in [-0.25, -0.2) is 5.84 Å². The number of nitrogens with two attached hydrogens (primary N) is 1. The number of amides is 2. The first kappa shape index (κ1) is 24.7. The molecular formula is C23H35N3O5. The molecule has 0 radical (unpaired) electrons. The van der Waals surface area contributed by atoms with E-state index >= 15 is 0 Å². The topological polar surface area (TPSA) is 111 Å². The van der Waals surface area contributed by atoms with E-state index < -0.39 is 23.4 Å². The van der Waals surface area contributed by atoms with Crippen molar-refractivity contribution in [2.75, 3.05) is 13.7 Å². The monoisotopic (exact) mass is 433 g/mol. The Hall–Kier alpha value is -2.61. The SMILES string of the molecule is COc1ccc(CN(N)C(=O)[C@H](CNC(=O)C2CCCCC2)C(=O)OC(C)(C)C)cc1. The molecule has 1 saturated carbocycles. The number of rotatable bonds is 8. The van der Waals surface area contributed by atoms with E-state index in [1.165, 1.54) is 0 Å². The number of esters is 1. The summed E-state index contributed by atoms with van der Waals surface area (Å²) in [5.41, 5.74) is 0.0177. The second kappa shape index (κ2) is 11.1. The number of methoxy groups -OCH3 is 1. The molecule has 1 aliphatic rings. The van der Waals surface area contributed by atoms with Crippen molar-refractivity contribution in [3.63, 3.8) is 0 Å². The van der Waals surface area contributed by atoms with Gasteiger partial charge in [0.1, 0.15) is 11.4 Å². The molecule has 2 rings (SSSR count). The number of hydrogen-bond donors (Lipinski definition) is 2. The second-order valence-electron chi connectivity index (χ2n) is 8.98. The number of ether oxygens (including phenoxy) is 2. The lowest BCUT2D eigenvalue weighted by molar-refractivity contribution is -0.165. The molecule has 0 bridgehead atoms. The van der Waals surface area contributed by atoms with Crippen molar-refractivity contribution in [3.05, 3.63) is 29.8 Å². The van der Waals surface area contributed by atoms with Crippen LogP contribution in [0.1, 0.15) is 58.4 Å². The third kappa shape index (κ3) is 7.86. The maximum atomic E-state index is 13.0. The summed E-state index contributed by atoms with van der Waals surface area (Å²) in [5.74, 6) is 3.98. The highest BCUT2D eigenvalue weighted by Crippen LogP contribution is 2.24. The molecule has 0 aromatic heterocycles. The molecule has 8 heteroatoms. The summed E-state index contributed by atoms with van der Waals surface area (Å²) in [4.78, 5) is 38.3. The molecule has 1 atom stereocenters. The van der Waals surface area contributed by atoms with Crippen molar-refractivity contribution in [1.82, 2.24) is 10.3 Å². The number of nitrogens with zero attached hydrogens (tertiary/aromatic N) is 1. The van der Waals surface area contributed by atoms with Crippen LogP contribution in [0.15, 0.2) is 24.3 Å². The molecule has 0 spiro atoms. The lowest BCUT2D eigenvalue weighted by Gasteiger charge is -2.27. The van der Waals surface area contributed by atoms with E-state index in [1.54, 1.807) is 52.1 Å². The van der Waals surface area contributed by atoms with Gasteiger partial charge < -0.3 is 14.8 Å². The zero-order valence-electron chi connectivity index (χ0n) is 19.0. The van der Waals surface area contributed by atoms with Gasteiger partial charge in [-0.3, -0.25) is 19.4 Å². The van der Waals surface area contributed by atoms with Crippen LogP contribution in [0.4, 0.5) is 0 Å². The van der Waals surface area contributed by atoms with Crippen molar-refractivity contribution in [1.29, 1.82) is 0 Å². The van der Waals surface area contributed by atoms with E-state index in [1.807, 2.05) is 0 Å². The number of carbonyl (C=O) groups excluding carboxylic acids is 3. The van der Waals surface area contributed by atoms with Crippen LogP contribution in [0, 0.1) is 11.8 Å². The molecule has 0 heterocycles. The van der Waals surface area contributed by atoms with Gasteiger partial charge in [0.05, 0.1) is 13.7 Å². The van der Waals surface area contributed by atoms with Gasteiger partial charge >= 0.3 is 5.97 Å². The third-order valence-corrected chi connectivity index (χ3v) is 5.24. The molecule has 1 aromatic carbocycles. The fraction of sp³-hybridized carbons (Fsp3) is 0.609. The highest BCUT2D eigenvalue weighted by Gasteiger charge is 2.35. The van der Waals surface area contributed by atoms with Crippen molar-refractivity contribution in [2.24, 2.45) is 17.7 Å². The minimum Gasteiger partial charge on any atom is -0.497 e. The fourth-order valence-corrected chi connectivity index (χ4v) is 3.56. The zero-order valence-corrected chi connectivity index (χ0v) is 19.0. The maximum Gasteiger partial charge on any atom is 0.320 e. The van der Waals surface area contributed by atoms with E-state index in [-0.39, 0.29) is 24.9 Å². The molecule has 1 aliphatic carbocycles. The van der Waals surface area contributed by atoms with Crippen LogP contribution in [0.2, 0.25) is 0 Å². The molecule has 31 heavy (non-hydrogen) atoms. The minimum absolute atomic E-state index is 0.0728. The standard InChI is InChI=1S/C23H35N3O5/c1-23(2,3)31-22(29)19(14-25-20(27)17-8-6-5-7-9-17)21(28)26(24)15-16-10-12-18(30-4)13-11-16/h10-13,17,19H,5-9,14-15,24H2,1-4H3,(H,25,27)/t19-/m0/s1.